The Labute approximate surface area is 127 Å². The number of hydrogen-bond donors (Lipinski definition) is 2. The maximum absolute atomic E-state index is 12.1. The van der Waals surface area contributed by atoms with E-state index in [0.717, 1.165) is 25.1 Å². The minimum absolute atomic E-state index is 0.0857. The molecule has 0 aromatic carbocycles. The molecule has 0 unspecified atom stereocenters. The van der Waals surface area contributed by atoms with Gasteiger partial charge in [-0.15, -0.1) is 0 Å². The second-order valence-corrected chi connectivity index (χ2v) is 7.43. The number of hydrogen-bond acceptors (Lipinski definition) is 5. The zero-order valence-corrected chi connectivity index (χ0v) is 13.5. The summed E-state index contributed by atoms with van der Waals surface area (Å²) in [5.41, 5.74) is 1.01. The van der Waals surface area contributed by atoms with Gasteiger partial charge in [0.15, 0.2) is 5.03 Å². The molecule has 0 aliphatic heterocycles. The zero-order valence-electron chi connectivity index (χ0n) is 12.7. The summed E-state index contributed by atoms with van der Waals surface area (Å²) >= 11 is 0. The van der Waals surface area contributed by atoms with Crippen LogP contribution in [0.2, 0.25) is 0 Å². The van der Waals surface area contributed by atoms with Gasteiger partial charge in [-0.2, -0.15) is 0 Å². The quantitative estimate of drug-likeness (QED) is 0.652. The fraction of sp³-hybridized carbons (Fsp3) is 0.643. The second-order valence-electron chi connectivity index (χ2n) is 5.71. The lowest BCUT2D eigenvalue weighted by molar-refractivity contribution is 0.400. The number of sulfonamides is 1. The van der Waals surface area contributed by atoms with Gasteiger partial charge >= 0.3 is 0 Å². The Morgan fingerprint density at radius 1 is 1.33 bits per heavy atom. The van der Waals surface area contributed by atoms with Crippen molar-refractivity contribution in [1.82, 2.24) is 19.9 Å². The van der Waals surface area contributed by atoms with Crippen molar-refractivity contribution in [3.8, 4) is 0 Å². The Hall–Kier alpha value is -1.02. The molecule has 2 rings (SSSR count). The number of nitrogens with one attached hydrogen (secondary N) is 2. The van der Waals surface area contributed by atoms with Crippen molar-refractivity contribution in [1.29, 1.82) is 0 Å². The summed E-state index contributed by atoms with van der Waals surface area (Å²) in [6.45, 7) is 2.02. The third-order valence-electron chi connectivity index (χ3n) is 3.32. The molecule has 118 valence electrons. The van der Waals surface area contributed by atoms with E-state index < -0.39 is 10.0 Å². The molecule has 1 aromatic rings. The van der Waals surface area contributed by atoms with E-state index in [4.69, 9.17) is 0 Å². The Morgan fingerprint density at radius 2 is 2.10 bits per heavy atom. The SMILES string of the molecule is CN(C)CCCNS(=O)(=O)c1ccc(CNC2CC2)cn1. The molecule has 0 amide bonds. The molecule has 0 atom stereocenters. The minimum Gasteiger partial charge on any atom is -0.310 e. The molecule has 0 saturated heterocycles. The van der Waals surface area contributed by atoms with Gasteiger partial charge in [0.25, 0.3) is 10.0 Å². The molecule has 0 spiro atoms. The van der Waals surface area contributed by atoms with Crippen LogP contribution in [0.3, 0.4) is 0 Å². The van der Waals surface area contributed by atoms with Crippen molar-refractivity contribution in [2.45, 2.75) is 36.9 Å². The number of rotatable bonds is 9. The first-order chi connectivity index (χ1) is 9.97. The number of nitrogens with zero attached hydrogens (tertiary/aromatic N) is 2. The van der Waals surface area contributed by atoms with E-state index in [2.05, 4.69) is 15.0 Å². The van der Waals surface area contributed by atoms with Gasteiger partial charge in [-0.1, -0.05) is 6.07 Å². The summed E-state index contributed by atoms with van der Waals surface area (Å²) < 4.78 is 26.7. The summed E-state index contributed by atoms with van der Waals surface area (Å²) in [5, 5.41) is 3.46. The van der Waals surface area contributed by atoms with Crippen LogP contribution in [-0.4, -0.2) is 51.5 Å². The molecule has 2 N–H and O–H groups in total. The summed E-state index contributed by atoms with van der Waals surface area (Å²) in [6.07, 6.45) is 4.87. The van der Waals surface area contributed by atoms with Gasteiger partial charge < -0.3 is 10.2 Å². The highest BCUT2D eigenvalue weighted by Crippen LogP contribution is 2.19. The van der Waals surface area contributed by atoms with Crippen LogP contribution in [0.15, 0.2) is 23.4 Å². The summed E-state index contributed by atoms with van der Waals surface area (Å²) in [7, 11) is 0.432. The van der Waals surface area contributed by atoms with E-state index in [1.165, 1.54) is 12.8 Å². The van der Waals surface area contributed by atoms with Crippen LogP contribution >= 0.6 is 0 Å². The lowest BCUT2D eigenvalue weighted by Crippen LogP contribution is -2.28. The molecule has 21 heavy (non-hydrogen) atoms. The molecule has 1 heterocycles. The molecule has 1 fully saturated rings. The van der Waals surface area contributed by atoms with E-state index in [0.29, 0.717) is 12.6 Å². The Morgan fingerprint density at radius 3 is 2.67 bits per heavy atom. The molecule has 7 heteroatoms. The summed E-state index contributed by atoms with van der Waals surface area (Å²) in [4.78, 5) is 6.08. The first kappa shape index (κ1) is 16.4. The lowest BCUT2D eigenvalue weighted by Gasteiger charge is -2.10. The highest BCUT2D eigenvalue weighted by atomic mass is 32.2. The molecule has 0 radical (unpaired) electrons. The highest BCUT2D eigenvalue weighted by Gasteiger charge is 2.20. The van der Waals surface area contributed by atoms with Crippen molar-refractivity contribution < 1.29 is 8.42 Å². The predicted octanol–water partition coefficient (Wildman–Crippen LogP) is 0.564. The van der Waals surface area contributed by atoms with Gasteiger partial charge in [-0.3, -0.25) is 0 Å². The molecule has 0 bridgehead atoms. The average Bonchev–Trinajstić information content (AvgIpc) is 3.26. The first-order valence-corrected chi connectivity index (χ1v) is 8.78. The predicted molar refractivity (Wildman–Crippen MR) is 82.5 cm³/mol. The second kappa shape index (κ2) is 7.31. The molecular weight excluding hydrogens is 288 g/mol. The number of pyridine rings is 1. The monoisotopic (exact) mass is 312 g/mol. The maximum atomic E-state index is 12.1. The van der Waals surface area contributed by atoms with Crippen LogP contribution in [0.1, 0.15) is 24.8 Å². The molecule has 1 aliphatic carbocycles. The molecule has 1 aliphatic rings. The van der Waals surface area contributed by atoms with E-state index in [9.17, 15) is 8.42 Å². The van der Waals surface area contributed by atoms with Crippen LogP contribution < -0.4 is 10.0 Å². The average molecular weight is 312 g/mol. The van der Waals surface area contributed by atoms with Crippen molar-refractivity contribution in [2.75, 3.05) is 27.2 Å². The molecular formula is C14H24N4O2S. The standard InChI is InChI=1S/C14H24N4O2S/c1-18(2)9-3-8-17-21(19,20)14-7-4-12(11-16-14)10-15-13-5-6-13/h4,7,11,13,15,17H,3,5-6,8-10H2,1-2H3. The van der Waals surface area contributed by atoms with Gasteiger partial charge in [0.05, 0.1) is 0 Å². The number of aromatic nitrogens is 1. The van der Waals surface area contributed by atoms with Crippen LogP contribution in [-0.2, 0) is 16.6 Å². The van der Waals surface area contributed by atoms with Crippen LogP contribution in [0, 0.1) is 0 Å². The van der Waals surface area contributed by atoms with E-state index in [1.807, 2.05) is 25.1 Å². The van der Waals surface area contributed by atoms with Crippen LogP contribution in [0.4, 0.5) is 0 Å². The lowest BCUT2D eigenvalue weighted by atomic mass is 10.3. The van der Waals surface area contributed by atoms with E-state index in [1.54, 1.807) is 12.3 Å². The molecule has 1 aromatic heterocycles. The fourth-order valence-electron chi connectivity index (χ4n) is 1.90. The van der Waals surface area contributed by atoms with Crippen molar-refractivity contribution in [2.24, 2.45) is 0 Å². The van der Waals surface area contributed by atoms with E-state index in [-0.39, 0.29) is 5.03 Å². The summed E-state index contributed by atoms with van der Waals surface area (Å²) in [5.74, 6) is 0. The zero-order chi connectivity index (χ0) is 15.3. The Balaban J connectivity index is 1.83. The van der Waals surface area contributed by atoms with Crippen LogP contribution in [0.5, 0.6) is 0 Å². The normalized spacial score (nSPS) is 15.6. The smallest absolute Gasteiger partial charge is 0.258 e. The van der Waals surface area contributed by atoms with Gasteiger partial charge in [-0.25, -0.2) is 18.1 Å². The van der Waals surface area contributed by atoms with Crippen LogP contribution in [0.25, 0.3) is 0 Å². The molecule has 1 saturated carbocycles. The largest absolute Gasteiger partial charge is 0.310 e. The maximum Gasteiger partial charge on any atom is 0.258 e. The molecule has 6 nitrogen and oxygen atoms in total. The van der Waals surface area contributed by atoms with Gasteiger partial charge in [0.2, 0.25) is 0 Å². The third-order valence-corrected chi connectivity index (χ3v) is 4.70. The Kier molecular flexibility index (Phi) is 5.69. The minimum atomic E-state index is -3.49. The van der Waals surface area contributed by atoms with Crippen molar-refractivity contribution >= 4 is 10.0 Å². The van der Waals surface area contributed by atoms with Gasteiger partial charge in [-0.05, 0) is 51.5 Å². The highest BCUT2D eigenvalue weighted by molar-refractivity contribution is 7.89. The Bertz CT molecular complexity index is 539. The van der Waals surface area contributed by atoms with Gasteiger partial charge in [0, 0.05) is 25.3 Å². The topological polar surface area (TPSA) is 74.3 Å². The first-order valence-electron chi connectivity index (χ1n) is 7.30. The fourth-order valence-corrected chi connectivity index (χ4v) is 2.90. The van der Waals surface area contributed by atoms with Gasteiger partial charge in [0.1, 0.15) is 0 Å². The van der Waals surface area contributed by atoms with Crippen molar-refractivity contribution in [3.63, 3.8) is 0 Å². The third kappa shape index (κ3) is 5.70. The summed E-state index contributed by atoms with van der Waals surface area (Å²) in [6, 6.07) is 4.02. The van der Waals surface area contributed by atoms with E-state index >= 15 is 0 Å². The van der Waals surface area contributed by atoms with Crippen molar-refractivity contribution in [3.05, 3.63) is 23.9 Å².